The molecule has 0 spiro atoms. The number of pyridine rings is 1. The Kier molecular flexibility index (Phi) is 3.13. The fourth-order valence-corrected chi connectivity index (χ4v) is 1.31. The first-order valence-electron chi connectivity index (χ1n) is 4.84. The Bertz CT molecular complexity index is 443. The SMILES string of the molecule is c1ccc2[nH]ccc2c1.c1ccncc1. The molecular weight excluding hydrogens is 184 g/mol. The van der Waals surface area contributed by atoms with Crippen molar-refractivity contribution in [3.8, 4) is 0 Å². The molecule has 0 bridgehead atoms. The van der Waals surface area contributed by atoms with E-state index in [0.717, 1.165) is 0 Å². The molecule has 15 heavy (non-hydrogen) atoms. The lowest BCUT2D eigenvalue weighted by atomic mass is 10.3. The molecule has 74 valence electrons. The highest BCUT2D eigenvalue weighted by atomic mass is 14.7. The van der Waals surface area contributed by atoms with E-state index in [1.165, 1.54) is 10.9 Å². The van der Waals surface area contributed by atoms with Gasteiger partial charge in [-0.1, -0.05) is 24.3 Å². The van der Waals surface area contributed by atoms with Crippen LogP contribution in [0.25, 0.3) is 10.9 Å². The van der Waals surface area contributed by atoms with Crippen LogP contribution < -0.4 is 0 Å². The highest BCUT2D eigenvalue weighted by Gasteiger charge is 1.86. The topological polar surface area (TPSA) is 28.7 Å². The van der Waals surface area contributed by atoms with Gasteiger partial charge in [-0.2, -0.15) is 0 Å². The van der Waals surface area contributed by atoms with Crippen LogP contribution in [0.15, 0.2) is 67.1 Å². The Morgan fingerprint density at radius 3 is 2.20 bits per heavy atom. The van der Waals surface area contributed by atoms with E-state index in [1.807, 2.05) is 36.5 Å². The minimum Gasteiger partial charge on any atom is -0.361 e. The number of aromatic amines is 1. The summed E-state index contributed by atoms with van der Waals surface area (Å²) in [5, 5.41) is 1.28. The average molecular weight is 196 g/mol. The van der Waals surface area contributed by atoms with Crippen molar-refractivity contribution < 1.29 is 0 Å². The zero-order valence-electron chi connectivity index (χ0n) is 8.30. The van der Waals surface area contributed by atoms with Gasteiger partial charge in [0, 0.05) is 24.1 Å². The van der Waals surface area contributed by atoms with Crippen molar-refractivity contribution in [2.24, 2.45) is 0 Å². The van der Waals surface area contributed by atoms with Gasteiger partial charge >= 0.3 is 0 Å². The van der Waals surface area contributed by atoms with E-state index >= 15 is 0 Å². The number of hydrogen-bond acceptors (Lipinski definition) is 1. The summed E-state index contributed by atoms with van der Waals surface area (Å²) in [7, 11) is 0. The lowest BCUT2D eigenvalue weighted by Crippen LogP contribution is -1.61. The molecule has 0 aliphatic carbocycles. The highest BCUT2D eigenvalue weighted by molar-refractivity contribution is 5.78. The Morgan fingerprint density at radius 1 is 0.800 bits per heavy atom. The van der Waals surface area contributed by atoms with Gasteiger partial charge in [0.25, 0.3) is 0 Å². The standard InChI is InChI=1S/C8H7N.C5H5N/c1-2-4-8-7(3-1)5-6-9-8;1-2-4-6-5-3-1/h1-6,9H;1-5H. The van der Waals surface area contributed by atoms with Gasteiger partial charge in [0.1, 0.15) is 0 Å². The van der Waals surface area contributed by atoms with Crippen molar-refractivity contribution in [1.29, 1.82) is 0 Å². The molecule has 2 nitrogen and oxygen atoms in total. The number of benzene rings is 1. The molecule has 2 heteroatoms. The van der Waals surface area contributed by atoms with Crippen LogP contribution in [-0.2, 0) is 0 Å². The molecule has 2 aromatic heterocycles. The minimum absolute atomic E-state index is 1.21. The predicted molar refractivity (Wildman–Crippen MR) is 62.5 cm³/mol. The quantitative estimate of drug-likeness (QED) is 0.587. The van der Waals surface area contributed by atoms with Crippen LogP contribution in [0, 0.1) is 0 Å². The first-order valence-corrected chi connectivity index (χ1v) is 4.84. The monoisotopic (exact) mass is 196 g/mol. The molecule has 3 rings (SSSR count). The molecule has 0 radical (unpaired) electrons. The summed E-state index contributed by atoms with van der Waals surface area (Å²) in [6, 6.07) is 16.0. The molecule has 0 saturated heterocycles. The number of rotatable bonds is 0. The predicted octanol–water partition coefficient (Wildman–Crippen LogP) is 3.25. The van der Waals surface area contributed by atoms with E-state index in [2.05, 4.69) is 28.2 Å². The van der Waals surface area contributed by atoms with Crippen molar-refractivity contribution in [2.75, 3.05) is 0 Å². The van der Waals surface area contributed by atoms with Crippen LogP contribution >= 0.6 is 0 Å². The molecule has 1 N–H and O–H groups in total. The molecule has 0 saturated carbocycles. The summed E-state index contributed by atoms with van der Waals surface area (Å²) in [5.74, 6) is 0. The zero-order chi connectivity index (χ0) is 10.3. The summed E-state index contributed by atoms with van der Waals surface area (Å²) >= 11 is 0. The maximum atomic E-state index is 3.78. The minimum atomic E-state index is 1.21. The Balaban J connectivity index is 0.000000124. The second kappa shape index (κ2) is 4.96. The van der Waals surface area contributed by atoms with E-state index in [0.29, 0.717) is 0 Å². The van der Waals surface area contributed by atoms with Crippen LogP contribution in [0.2, 0.25) is 0 Å². The fourth-order valence-electron chi connectivity index (χ4n) is 1.31. The average Bonchev–Trinajstić information content (AvgIpc) is 2.80. The molecular formula is C13H12N2. The van der Waals surface area contributed by atoms with Gasteiger partial charge in [0.05, 0.1) is 0 Å². The van der Waals surface area contributed by atoms with E-state index in [9.17, 15) is 0 Å². The summed E-state index contributed by atoms with van der Waals surface area (Å²) in [6.07, 6.45) is 5.45. The van der Waals surface area contributed by atoms with Gasteiger partial charge in [-0.3, -0.25) is 4.98 Å². The van der Waals surface area contributed by atoms with Gasteiger partial charge in [0.2, 0.25) is 0 Å². The van der Waals surface area contributed by atoms with E-state index in [4.69, 9.17) is 0 Å². The molecule has 0 atom stereocenters. The third-order valence-corrected chi connectivity index (χ3v) is 2.03. The summed E-state index contributed by atoms with van der Waals surface area (Å²) < 4.78 is 0. The number of nitrogens with zero attached hydrogens (tertiary/aromatic N) is 1. The van der Waals surface area contributed by atoms with Crippen molar-refractivity contribution in [3.05, 3.63) is 67.1 Å². The molecule has 3 aromatic rings. The molecule has 0 aliphatic rings. The molecule has 0 amide bonds. The molecule has 0 aliphatic heterocycles. The first kappa shape index (κ1) is 9.46. The Hall–Kier alpha value is -2.09. The lowest BCUT2D eigenvalue weighted by molar-refractivity contribution is 1.33. The van der Waals surface area contributed by atoms with Crippen LogP contribution in [0.5, 0.6) is 0 Å². The van der Waals surface area contributed by atoms with E-state index < -0.39 is 0 Å². The number of nitrogens with one attached hydrogen (secondary N) is 1. The van der Waals surface area contributed by atoms with Gasteiger partial charge in [-0.15, -0.1) is 0 Å². The fraction of sp³-hybridized carbons (Fsp3) is 0. The summed E-state index contributed by atoms with van der Waals surface area (Å²) in [5.41, 5.74) is 1.21. The molecule has 2 heterocycles. The smallest absolute Gasteiger partial charge is 0.0453 e. The number of fused-ring (bicyclic) bond motifs is 1. The van der Waals surface area contributed by atoms with Crippen LogP contribution in [-0.4, -0.2) is 9.97 Å². The third kappa shape index (κ3) is 2.68. The van der Waals surface area contributed by atoms with Crippen molar-refractivity contribution >= 4 is 10.9 Å². The van der Waals surface area contributed by atoms with Crippen molar-refractivity contribution in [3.63, 3.8) is 0 Å². The zero-order valence-corrected chi connectivity index (χ0v) is 8.30. The van der Waals surface area contributed by atoms with Crippen LogP contribution in [0.3, 0.4) is 0 Å². The maximum absolute atomic E-state index is 3.78. The van der Waals surface area contributed by atoms with Crippen LogP contribution in [0.1, 0.15) is 0 Å². The second-order valence-electron chi connectivity index (χ2n) is 3.09. The van der Waals surface area contributed by atoms with Crippen molar-refractivity contribution in [1.82, 2.24) is 9.97 Å². The van der Waals surface area contributed by atoms with Gasteiger partial charge in [-0.25, -0.2) is 0 Å². The van der Waals surface area contributed by atoms with E-state index in [1.54, 1.807) is 12.4 Å². The first-order chi connectivity index (χ1) is 7.47. The maximum Gasteiger partial charge on any atom is 0.0453 e. The Morgan fingerprint density at radius 2 is 1.60 bits per heavy atom. The number of para-hydroxylation sites is 1. The van der Waals surface area contributed by atoms with E-state index in [-0.39, 0.29) is 0 Å². The number of aromatic nitrogens is 2. The molecule has 0 unspecified atom stereocenters. The summed E-state index contributed by atoms with van der Waals surface area (Å²) in [4.78, 5) is 6.90. The summed E-state index contributed by atoms with van der Waals surface area (Å²) in [6.45, 7) is 0. The Labute approximate surface area is 88.6 Å². The van der Waals surface area contributed by atoms with Crippen molar-refractivity contribution in [2.45, 2.75) is 0 Å². The normalized spacial score (nSPS) is 9.33. The third-order valence-electron chi connectivity index (χ3n) is 2.03. The second-order valence-corrected chi connectivity index (χ2v) is 3.09. The van der Waals surface area contributed by atoms with Gasteiger partial charge < -0.3 is 4.98 Å². The number of H-pyrrole nitrogens is 1. The van der Waals surface area contributed by atoms with Crippen LogP contribution in [0.4, 0.5) is 0 Å². The lowest BCUT2D eigenvalue weighted by Gasteiger charge is -1.83. The highest BCUT2D eigenvalue weighted by Crippen LogP contribution is 2.09. The van der Waals surface area contributed by atoms with Gasteiger partial charge in [0.15, 0.2) is 0 Å². The van der Waals surface area contributed by atoms with Gasteiger partial charge in [-0.05, 0) is 29.7 Å². The largest absolute Gasteiger partial charge is 0.361 e. The molecule has 1 aromatic carbocycles. The number of hydrogen-bond donors (Lipinski definition) is 1. The molecule has 0 fully saturated rings.